The average molecular weight is 284 g/mol. The molecule has 1 aliphatic rings. The van der Waals surface area contributed by atoms with Crippen molar-refractivity contribution in [2.45, 2.75) is 6.42 Å². The van der Waals surface area contributed by atoms with Crippen molar-refractivity contribution in [1.82, 2.24) is 5.32 Å². The summed E-state index contributed by atoms with van der Waals surface area (Å²) in [6.45, 7) is 1.97. The first-order valence-corrected chi connectivity index (χ1v) is 6.83. The Labute approximate surface area is 117 Å². The zero-order valence-electron chi connectivity index (χ0n) is 10.9. The number of methoxy groups -OCH3 is 1. The van der Waals surface area contributed by atoms with E-state index in [-0.39, 0.29) is 6.03 Å². The van der Waals surface area contributed by atoms with E-state index >= 15 is 0 Å². The van der Waals surface area contributed by atoms with Gasteiger partial charge < -0.3 is 15.4 Å². The Morgan fingerprint density at radius 1 is 1.58 bits per heavy atom. The molecule has 6 heteroatoms. The smallest absolute Gasteiger partial charge is 0.322 e. The van der Waals surface area contributed by atoms with Gasteiger partial charge in [0, 0.05) is 31.6 Å². The Morgan fingerprint density at radius 2 is 2.42 bits per heavy atom. The lowest BCUT2D eigenvalue weighted by Crippen LogP contribution is -2.45. The summed E-state index contributed by atoms with van der Waals surface area (Å²) in [4.78, 5) is 13.8. The molecule has 5 nitrogen and oxygen atoms in total. The van der Waals surface area contributed by atoms with Crippen LogP contribution >= 0.6 is 11.6 Å². The Kier molecular flexibility index (Phi) is 4.74. The van der Waals surface area contributed by atoms with Crippen LogP contribution in [0.5, 0.6) is 5.75 Å². The minimum atomic E-state index is -0.0852. The molecular weight excluding hydrogens is 266 g/mol. The highest BCUT2D eigenvalue weighted by Crippen LogP contribution is 2.32. The van der Waals surface area contributed by atoms with E-state index in [2.05, 4.69) is 10.6 Å². The minimum absolute atomic E-state index is 0.0852. The number of rotatable bonds is 4. The number of fused-ring (bicyclic) bond motifs is 1. The first-order chi connectivity index (χ1) is 9.26. The summed E-state index contributed by atoms with van der Waals surface area (Å²) >= 11 is 5.60. The maximum absolute atomic E-state index is 12.1. The third-order valence-electron chi connectivity index (χ3n) is 2.98. The Bertz CT molecular complexity index is 454. The molecule has 2 N–H and O–H groups in total. The van der Waals surface area contributed by atoms with Gasteiger partial charge in [0.2, 0.25) is 0 Å². The van der Waals surface area contributed by atoms with Crippen LogP contribution in [0.1, 0.15) is 6.42 Å². The molecule has 0 atom stereocenters. The van der Waals surface area contributed by atoms with Gasteiger partial charge in [0.15, 0.2) is 0 Å². The summed E-state index contributed by atoms with van der Waals surface area (Å²) in [6.07, 6.45) is 0.773. The van der Waals surface area contributed by atoms with Crippen LogP contribution in [0.15, 0.2) is 18.2 Å². The van der Waals surface area contributed by atoms with E-state index < -0.39 is 0 Å². The summed E-state index contributed by atoms with van der Waals surface area (Å²) in [5.41, 5.74) is 1.79. The number of nitrogens with one attached hydrogen (secondary N) is 2. The van der Waals surface area contributed by atoms with Gasteiger partial charge in [0.1, 0.15) is 5.75 Å². The zero-order valence-corrected chi connectivity index (χ0v) is 11.7. The van der Waals surface area contributed by atoms with Crippen LogP contribution in [-0.4, -0.2) is 38.7 Å². The molecule has 0 unspecified atom stereocenters. The van der Waals surface area contributed by atoms with E-state index in [4.69, 9.17) is 16.3 Å². The normalized spacial score (nSPS) is 13.5. The second kappa shape index (κ2) is 6.52. The predicted molar refractivity (Wildman–Crippen MR) is 77.6 cm³/mol. The van der Waals surface area contributed by atoms with E-state index in [9.17, 15) is 4.79 Å². The molecule has 1 aromatic rings. The molecule has 0 fully saturated rings. The third kappa shape index (κ3) is 3.23. The van der Waals surface area contributed by atoms with E-state index in [0.29, 0.717) is 19.0 Å². The van der Waals surface area contributed by atoms with Crippen LogP contribution in [-0.2, 0) is 0 Å². The second-order valence-corrected chi connectivity index (χ2v) is 4.61. The number of hydrogen-bond donors (Lipinski definition) is 2. The molecule has 0 saturated heterocycles. The van der Waals surface area contributed by atoms with Crippen molar-refractivity contribution in [3.05, 3.63) is 18.2 Å². The highest BCUT2D eigenvalue weighted by Gasteiger charge is 2.22. The second-order valence-electron chi connectivity index (χ2n) is 4.24. The summed E-state index contributed by atoms with van der Waals surface area (Å²) in [5, 5.41) is 6.13. The minimum Gasteiger partial charge on any atom is -0.497 e. The number of halogens is 1. The topological polar surface area (TPSA) is 53.6 Å². The summed E-state index contributed by atoms with van der Waals surface area (Å²) in [5.74, 6) is 1.32. The number of carbonyl (C=O) groups excluding carboxylic acids is 1. The van der Waals surface area contributed by atoms with Crippen molar-refractivity contribution >= 4 is 29.0 Å². The number of benzene rings is 1. The van der Waals surface area contributed by atoms with E-state index in [1.54, 1.807) is 12.0 Å². The number of hydrogen-bond acceptors (Lipinski definition) is 3. The highest BCUT2D eigenvalue weighted by atomic mass is 35.5. The monoisotopic (exact) mass is 283 g/mol. The lowest BCUT2D eigenvalue weighted by atomic mass is 10.2. The fourth-order valence-electron chi connectivity index (χ4n) is 2.01. The van der Waals surface area contributed by atoms with E-state index in [1.807, 2.05) is 18.2 Å². The summed E-state index contributed by atoms with van der Waals surface area (Å²) in [7, 11) is 1.63. The fraction of sp³-hybridized carbons (Fsp3) is 0.462. The molecule has 0 aromatic heterocycles. The van der Waals surface area contributed by atoms with Crippen molar-refractivity contribution in [3.8, 4) is 5.75 Å². The van der Waals surface area contributed by atoms with Gasteiger partial charge in [-0.1, -0.05) is 0 Å². The van der Waals surface area contributed by atoms with Gasteiger partial charge in [-0.05, 0) is 18.6 Å². The molecule has 1 aliphatic heterocycles. The maximum Gasteiger partial charge on any atom is 0.322 e. The Hall–Kier alpha value is -1.62. The maximum atomic E-state index is 12.1. The molecule has 1 aromatic carbocycles. The van der Waals surface area contributed by atoms with Gasteiger partial charge in [0.25, 0.3) is 0 Å². The van der Waals surface area contributed by atoms with Crippen LogP contribution in [0.2, 0.25) is 0 Å². The van der Waals surface area contributed by atoms with E-state index in [1.165, 1.54) is 0 Å². The number of ether oxygens (including phenoxy) is 1. The molecule has 2 amide bonds. The van der Waals surface area contributed by atoms with Gasteiger partial charge in [-0.2, -0.15) is 0 Å². The van der Waals surface area contributed by atoms with Crippen LogP contribution < -0.4 is 20.3 Å². The van der Waals surface area contributed by atoms with Gasteiger partial charge in [0.05, 0.1) is 18.5 Å². The largest absolute Gasteiger partial charge is 0.497 e. The predicted octanol–water partition coefficient (Wildman–Crippen LogP) is 2.27. The summed E-state index contributed by atoms with van der Waals surface area (Å²) in [6, 6.07) is 5.55. The molecule has 0 bridgehead atoms. The molecule has 2 rings (SSSR count). The van der Waals surface area contributed by atoms with Crippen LogP contribution in [0.4, 0.5) is 16.2 Å². The first-order valence-electron chi connectivity index (χ1n) is 6.29. The number of urea groups is 1. The quantitative estimate of drug-likeness (QED) is 0.658. The number of carbonyl (C=O) groups is 1. The van der Waals surface area contributed by atoms with Crippen LogP contribution in [0.3, 0.4) is 0 Å². The average Bonchev–Trinajstić information content (AvgIpc) is 2.46. The molecule has 0 radical (unpaired) electrons. The number of anilines is 2. The Morgan fingerprint density at radius 3 is 3.16 bits per heavy atom. The molecular formula is C13H18ClN3O2. The summed E-state index contributed by atoms with van der Waals surface area (Å²) < 4.78 is 5.18. The Balaban J connectivity index is 2.11. The van der Waals surface area contributed by atoms with Crippen LogP contribution in [0, 0.1) is 0 Å². The van der Waals surface area contributed by atoms with Crippen molar-refractivity contribution in [1.29, 1.82) is 0 Å². The zero-order chi connectivity index (χ0) is 13.7. The van der Waals surface area contributed by atoms with Crippen LogP contribution in [0.25, 0.3) is 0 Å². The fourth-order valence-corrected chi connectivity index (χ4v) is 2.14. The molecule has 0 saturated carbocycles. The number of alkyl halides is 1. The lowest BCUT2D eigenvalue weighted by molar-refractivity contribution is 0.246. The van der Waals surface area contributed by atoms with Gasteiger partial charge in [-0.25, -0.2) is 4.79 Å². The third-order valence-corrected chi connectivity index (χ3v) is 3.24. The molecule has 1 heterocycles. The van der Waals surface area contributed by atoms with Gasteiger partial charge >= 0.3 is 6.03 Å². The molecule has 19 heavy (non-hydrogen) atoms. The molecule has 104 valence electrons. The number of nitrogens with zero attached hydrogens (tertiary/aromatic N) is 1. The van der Waals surface area contributed by atoms with Crippen molar-refractivity contribution in [2.75, 3.05) is 42.8 Å². The van der Waals surface area contributed by atoms with E-state index in [0.717, 1.165) is 30.1 Å². The SMILES string of the molecule is COc1ccc2c(c1)NCCN2C(=O)NCCCCl. The van der Waals surface area contributed by atoms with Crippen molar-refractivity contribution in [2.24, 2.45) is 0 Å². The highest BCUT2D eigenvalue weighted by molar-refractivity contribution is 6.17. The van der Waals surface area contributed by atoms with Gasteiger partial charge in [-0.3, -0.25) is 4.90 Å². The lowest BCUT2D eigenvalue weighted by Gasteiger charge is -2.30. The first kappa shape index (κ1) is 13.8. The van der Waals surface area contributed by atoms with Gasteiger partial charge in [-0.15, -0.1) is 11.6 Å². The molecule has 0 aliphatic carbocycles. The van der Waals surface area contributed by atoms with Crippen molar-refractivity contribution in [3.63, 3.8) is 0 Å². The standard InChI is InChI=1S/C13H18ClN3O2/c1-19-10-3-4-12-11(9-10)15-7-8-17(12)13(18)16-6-2-5-14/h3-4,9,15H,2,5-8H2,1H3,(H,16,18). The number of amides is 2. The molecule has 0 spiro atoms. The van der Waals surface area contributed by atoms with Crippen molar-refractivity contribution < 1.29 is 9.53 Å².